The van der Waals surface area contributed by atoms with Crippen LogP contribution in [0.5, 0.6) is 5.75 Å². The van der Waals surface area contributed by atoms with E-state index in [1.807, 2.05) is 6.07 Å². The molecule has 0 unspecified atom stereocenters. The zero-order valence-electron chi connectivity index (χ0n) is 11.6. The van der Waals surface area contributed by atoms with Gasteiger partial charge in [0.15, 0.2) is 0 Å². The van der Waals surface area contributed by atoms with Gasteiger partial charge >= 0.3 is 0 Å². The summed E-state index contributed by atoms with van der Waals surface area (Å²) in [7, 11) is 1.45. The molecule has 4 nitrogen and oxygen atoms in total. The molecule has 108 valence electrons. The summed E-state index contributed by atoms with van der Waals surface area (Å²) in [5.74, 6) is -0.564. The first-order valence-corrected chi connectivity index (χ1v) is 6.64. The number of hydrogen-bond donors (Lipinski definition) is 1. The number of nitrogens with zero attached hydrogens (tertiary/aromatic N) is 1. The van der Waals surface area contributed by atoms with E-state index in [1.165, 1.54) is 19.2 Å². The summed E-state index contributed by atoms with van der Waals surface area (Å²) in [4.78, 5) is 14.1. The van der Waals surface area contributed by atoms with Crippen molar-refractivity contribution >= 4 is 17.3 Å². The van der Waals surface area contributed by atoms with Gasteiger partial charge in [-0.3, -0.25) is 4.79 Å². The SMILES string of the molecule is COc1ccc(C(=O)N2CCc3c(N)cccc32)c(F)c1. The van der Waals surface area contributed by atoms with Crippen LogP contribution in [0.2, 0.25) is 0 Å². The van der Waals surface area contributed by atoms with Crippen LogP contribution in [0.3, 0.4) is 0 Å². The van der Waals surface area contributed by atoms with Crippen LogP contribution in [0.1, 0.15) is 15.9 Å². The third-order valence-corrected chi connectivity index (χ3v) is 3.72. The summed E-state index contributed by atoms with van der Waals surface area (Å²) in [6.07, 6.45) is 0.686. The van der Waals surface area contributed by atoms with E-state index in [0.29, 0.717) is 24.4 Å². The van der Waals surface area contributed by atoms with E-state index >= 15 is 0 Å². The number of rotatable bonds is 2. The molecule has 0 saturated heterocycles. The Morgan fingerprint density at radius 2 is 2.14 bits per heavy atom. The van der Waals surface area contributed by atoms with Crippen LogP contribution in [0.25, 0.3) is 0 Å². The molecule has 0 aromatic heterocycles. The number of methoxy groups -OCH3 is 1. The molecule has 0 fully saturated rings. The fourth-order valence-corrected chi connectivity index (χ4v) is 2.61. The van der Waals surface area contributed by atoms with E-state index in [1.54, 1.807) is 23.1 Å². The average molecular weight is 286 g/mol. The van der Waals surface area contributed by atoms with E-state index in [4.69, 9.17) is 10.5 Å². The summed E-state index contributed by atoms with van der Waals surface area (Å²) in [5.41, 5.74) is 8.31. The van der Waals surface area contributed by atoms with Crippen LogP contribution in [0.4, 0.5) is 15.8 Å². The van der Waals surface area contributed by atoms with Gasteiger partial charge in [-0.05, 0) is 30.7 Å². The molecule has 21 heavy (non-hydrogen) atoms. The number of anilines is 2. The molecule has 1 amide bonds. The second-order valence-corrected chi connectivity index (χ2v) is 4.90. The normalized spacial score (nSPS) is 13.1. The number of hydrogen-bond acceptors (Lipinski definition) is 3. The quantitative estimate of drug-likeness (QED) is 0.863. The van der Waals surface area contributed by atoms with Crippen molar-refractivity contribution in [3.8, 4) is 5.75 Å². The van der Waals surface area contributed by atoms with Crippen molar-refractivity contribution in [1.82, 2.24) is 0 Å². The molecule has 1 aliphatic heterocycles. The van der Waals surface area contributed by atoms with Crippen molar-refractivity contribution in [2.75, 3.05) is 24.3 Å². The number of nitrogen functional groups attached to an aromatic ring is 1. The van der Waals surface area contributed by atoms with Crippen LogP contribution in [0.15, 0.2) is 36.4 Å². The van der Waals surface area contributed by atoms with Gasteiger partial charge in [-0.2, -0.15) is 0 Å². The van der Waals surface area contributed by atoms with Crippen molar-refractivity contribution in [1.29, 1.82) is 0 Å². The smallest absolute Gasteiger partial charge is 0.261 e. The third-order valence-electron chi connectivity index (χ3n) is 3.72. The Kier molecular flexibility index (Phi) is 3.25. The van der Waals surface area contributed by atoms with Gasteiger partial charge in [0.2, 0.25) is 0 Å². The highest BCUT2D eigenvalue weighted by atomic mass is 19.1. The van der Waals surface area contributed by atoms with Gasteiger partial charge in [-0.1, -0.05) is 6.07 Å². The molecule has 1 aliphatic rings. The second-order valence-electron chi connectivity index (χ2n) is 4.90. The molecule has 2 aromatic rings. The van der Waals surface area contributed by atoms with Crippen molar-refractivity contribution < 1.29 is 13.9 Å². The van der Waals surface area contributed by atoms with Crippen LogP contribution in [-0.4, -0.2) is 19.6 Å². The van der Waals surface area contributed by atoms with Gasteiger partial charge in [-0.15, -0.1) is 0 Å². The molecule has 0 bridgehead atoms. The lowest BCUT2D eigenvalue weighted by atomic mass is 10.1. The van der Waals surface area contributed by atoms with Crippen LogP contribution < -0.4 is 15.4 Å². The minimum Gasteiger partial charge on any atom is -0.497 e. The summed E-state index contributed by atoms with van der Waals surface area (Å²) < 4.78 is 19.0. The molecule has 3 rings (SSSR count). The van der Waals surface area contributed by atoms with Gasteiger partial charge in [-0.25, -0.2) is 4.39 Å². The van der Waals surface area contributed by atoms with Crippen molar-refractivity contribution in [3.63, 3.8) is 0 Å². The van der Waals surface area contributed by atoms with Crippen molar-refractivity contribution in [2.24, 2.45) is 0 Å². The molecule has 0 atom stereocenters. The fraction of sp³-hybridized carbons (Fsp3) is 0.188. The topological polar surface area (TPSA) is 55.6 Å². The third kappa shape index (κ3) is 2.20. The van der Waals surface area contributed by atoms with E-state index in [9.17, 15) is 9.18 Å². The molecule has 0 radical (unpaired) electrons. The van der Waals surface area contributed by atoms with E-state index in [2.05, 4.69) is 0 Å². The maximum atomic E-state index is 14.0. The van der Waals surface area contributed by atoms with Gasteiger partial charge < -0.3 is 15.4 Å². The number of fused-ring (bicyclic) bond motifs is 1. The predicted molar refractivity (Wildman–Crippen MR) is 79.2 cm³/mol. The summed E-state index contributed by atoms with van der Waals surface area (Å²) in [5, 5.41) is 0. The zero-order valence-corrected chi connectivity index (χ0v) is 11.6. The maximum absolute atomic E-state index is 14.0. The highest BCUT2D eigenvalue weighted by Crippen LogP contribution is 2.33. The van der Waals surface area contributed by atoms with Crippen molar-refractivity contribution in [3.05, 3.63) is 53.3 Å². The molecule has 2 aromatic carbocycles. The summed E-state index contributed by atoms with van der Waals surface area (Å²) >= 11 is 0. The molecule has 0 saturated carbocycles. The Labute approximate surface area is 121 Å². The Bertz CT molecular complexity index is 715. The van der Waals surface area contributed by atoms with E-state index in [0.717, 1.165) is 11.3 Å². The number of amides is 1. The number of carbonyl (C=O) groups is 1. The summed E-state index contributed by atoms with van der Waals surface area (Å²) in [6, 6.07) is 9.67. The molecule has 5 heteroatoms. The Morgan fingerprint density at radius 1 is 1.33 bits per heavy atom. The minimum atomic E-state index is -0.586. The van der Waals surface area contributed by atoms with Gasteiger partial charge in [0.1, 0.15) is 11.6 Å². The first-order valence-electron chi connectivity index (χ1n) is 6.64. The Balaban J connectivity index is 1.97. The average Bonchev–Trinajstić information content (AvgIpc) is 2.92. The Hall–Kier alpha value is -2.56. The van der Waals surface area contributed by atoms with E-state index in [-0.39, 0.29) is 11.5 Å². The maximum Gasteiger partial charge on any atom is 0.261 e. The molecule has 0 aliphatic carbocycles. The van der Waals surface area contributed by atoms with Crippen LogP contribution in [-0.2, 0) is 6.42 Å². The minimum absolute atomic E-state index is 0.0334. The summed E-state index contributed by atoms with van der Waals surface area (Å²) in [6.45, 7) is 0.508. The fourth-order valence-electron chi connectivity index (χ4n) is 2.61. The Morgan fingerprint density at radius 3 is 2.86 bits per heavy atom. The first kappa shape index (κ1) is 13.4. The molecule has 0 spiro atoms. The molecule has 2 N–H and O–H groups in total. The first-order chi connectivity index (χ1) is 10.1. The van der Waals surface area contributed by atoms with Crippen LogP contribution in [0, 0.1) is 5.82 Å². The lowest BCUT2D eigenvalue weighted by Crippen LogP contribution is -2.29. The lowest BCUT2D eigenvalue weighted by Gasteiger charge is -2.18. The molecular formula is C16H15FN2O2. The van der Waals surface area contributed by atoms with Crippen molar-refractivity contribution in [2.45, 2.75) is 6.42 Å². The standard InChI is InChI=1S/C16H15FN2O2/c1-21-10-5-6-11(13(17)9-10)16(20)19-8-7-12-14(18)3-2-4-15(12)19/h2-6,9H,7-8,18H2,1H3. The van der Waals surface area contributed by atoms with Gasteiger partial charge in [0.25, 0.3) is 5.91 Å². The molecule has 1 heterocycles. The highest BCUT2D eigenvalue weighted by Gasteiger charge is 2.28. The monoisotopic (exact) mass is 286 g/mol. The van der Waals surface area contributed by atoms with E-state index < -0.39 is 5.82 Å². The predicted octanol–water partition coefficient (Wildman–Crippen LogP) is 2.62. The second kappa shape index (κ2) is 5.09. The zero-order chi connectivity index (χ0) is 15.0. The largest absolute Gasteiger partial charge is 0.497 e. The van der Waals surface area contributed by atoms with Gasteiger partial charge in [0.05, 0.1) is 12.7 Å². The van der Waals surface area contributed by atoms with Crippen LogP contribution >= 0.6 is 0 Å². The number of carbonyl (C=O) groups excluding carboxylic acids is 1. The molecular weight excluding hydrogens is 271 g/mol. The highest BCUT2D eigenvalue weighted by molar-refractivity contribution is 6.08. The number of ether oxygens (including phenoxy) is 1. The number of benzene rings is 2. The van der Waals surface area contributed by atoms with Gasteiger partial charge in [0, 0.05) is 29.5 Å². The number of halogens is 1. The lowest BCUT2D eigenvalue weighted by molar-refractivity contribution is 0.0985. The number of nitrogens with two attached hydrogens (primary N) is 1.